The van der Waals surface area contributed by atoms with E-state index in [4.69, 9.17) is 17.2 Å². The first-order valence-corrected chi connectivity index (χ1v) is 31.5. The number of fused-ring (bicyclic) bond motifs is 1. The zero-order valence-corrected chi connectivity index (χ0v) is 29.0. The van der Waals surface area contributed by atoms with Gasteiger partial charge < -0.3 is 0 Å². The van der Waals surface area contributed by atoms with Gasteiger partial charge in [-0.3, -0.25) is 0 Å². The molecule has 0 N–H and O–H groups in total. The van der Waals surface area contributed by atoms with Crippen molar-refractivity contribution >= 4 is 46.9 Å². The molecule has 0 aromatic carbocycles. The maximum atomic E-state index is 6.79. The Bertz CT molecular complexity index is 1030. The molecule has 0 heterocycles. The second kappa shape index (κ2) is 9.22. The molecule has 0 fully saturated rings. The predicted octanol–water partition coefficient (Wildman–Crippen LogP) is 8.52. The fourth-order valence-corrected chi connectivity index (χ4v) is 19.2. The summed E-state index contributed by atoms with van der Waals surface area (Å²) in [5.41, 5.74) is 7.29. The second-order valence-corrected chi connectivity index (χ2v) is 35.6. The molecule has 0 aromatic rings. The molecule has 0 bridgehead atoms. The molecule has 0 aromatic heterocycles. The van der Waals surface area contributed by atoms with E-state index in [1.54, 1.807) is 15.6 Å². The van der Waals surface area contributed by atoms with Crippen LogP contribution in [0.4, 0.5) is 0 Å². The first-order valence-electron chi connectivity index (χ1n) is 11.3. The van der Waals surface area contributed by atoms with Crippen molar-refractivity contribution in [1.82, 2.24) is 0 Å². The molecule has 0 saturated heterocycles. The van der Waals surface area contributed by atoms with Gasteiger partial charge in [-0.1, -0.05) is 0 Å². The molecule has 0 nitrogen and oxygen atoms in total. The van der Waals surface area contributed by atoms with Gasteiger partial charge >= 0.3 is 210 Å². The quantitative estimate of drug-likeness (QED) is 0.263. The summed E-state index contributed by atoms with van der Waals surface area (Å²) in [5.74, 6) is 0.433. The molecular weight excluding hydrogens is 634 g/mol. The summed E-state index contributed by atoms with van der Waals surface area (Å²) in [7, 11) is 10.2. The van der Waals surface area contributed by atoms with E-state index in [0.29, 0.717) is 5.92 Å². The Labute approximate surface area is 208 Å². The van der Waals surface area contributed by atoms with Crippen LogP contribution in [-0.2, 0) is 19.1 Å². The van der Waals surface area contributed by atoms with Crippen LogP contribution in [0.25, 0.3) is 0 Å². The van der Waals surface area contributed by atoms with E-state index in [1.165, 1.54) is 31.2 Å². The van der Waals surface area contributed by atoms with E-state index in [9.17, 15) is 0 Å². The van der Waals surface area contributed by atoms with Crippen LogP contribution in [0, 0.1) is 5.92 Å². The van der Waals surface area contributed by atoms with Gasteiger partial charge in [-0.25, -0.2) is 0 Å². The molecule has 167 valence electrons. The normalized spacial score (nSPS) is 22.2. The van der Waals surface area contributed by atoms with Gasteiger partial charge in [0.05, 0.1) is 0 Å². The van der Waals surface area contributed by atoms with E-state index in [-0.39, 0.29) is 0 Å². The third kappa shape index (κ3) is 4.95. The van der Waals surface area contributed by atoms with E-state index < -0.39 is 43.6 Å². The summed E-state index contributed by atoms with van der Waals surface area (Å²) in [4.78, 5) is 0. The number of allylic oxidation sites excluding steroid dienone is 12. The maximum absolute atomic E-state index is 6.79. The molecule has 3 aliphatic rings. The Kier molecular flexibility index (Phi) is 7.74. The molecule has 0 saturated carbocycles. The van der Waals surface area contributed by atoms with Crippen LogP contribution in [0.5, 0.6) is 0 Å². The van der Waals surface area contributed by atoms with Gasteiger partial charge in [0.2, 0.25) is 0 Å². The Morgan fingerprint density at radius 2 is 1.65 bits per heavy atom. The van der Waals surface area contributed by atoms with Crippen LogP contribution in [0.2, 0.25) is 52.4 Å². The average Bonchev–Trinajstić information content (AvgIpc) is 3.12. The van der Waals surface area contributed by atoms with E-state index in [1.807, 2.05) is 0 Å². The van der Waals surface area contributed by atoms with Crippen LogP contribution in [0.3, 0.4) is 0 Å². The molecule has 1 unspecified atom stereocenters. The first kappa shape index (κ1) is 26.0. The van der Waals surface area contributed by atoms with Gasteiger partial charge in [-0.2, -0.15) is 0 Å². The van der Waals surface area contributed by atoms with Crippen LogP contribution in [0.1, 0.15) is 20.3 Å². The molecule has 0 amide bonds. The minimum atomic E-state index is -2.78. The fraction of sp³-hybridized carbons (Fsp3) is 0.480. The number of halogens is 2. The van der Waals surface area contributed by atoms with Gasteiger partial charge in [0.1, 0.15) is 0 Å². The Hall–Kier alpha value is 0.411. The standard InChI is InChI=1S/C25H37Si3.2ClH.Hf/c1-17-14-19-12-11-13-21(26(3)4)18(2)25(19)24(17)20-15-22(27(5,6)7)23(16-20)28(8,9)10;;;/h11-13,15,18H,16H2,1-10H3;2*1H;/q;;;+2/p-2. The van der Waals surface area contributed by atoms with Crippen molar-refractivity contribution in [3.05, 3.63) is 65.9 Å². The minimum absolute atomic E-state index is 0.433. The Morgan fingerprint density at radius 1 is 1.03 bits per heavy atom. The molecule has 3 aliphatic carbocycles. The van der Waals surface area contributed by atoms with E-state index in [0.717, 1.165) is 6.42 Å². The van der Waals surface area contributed by atoms with Gasteiger partial charge in [-0.15, -0.1) is 0 Å². The van der Waals surface area contributed by atoms with Gasteiger partial charge in [0.15, 0.2) is 0 Å². The average molecular weight is 671 g/mol. The van der Waals surface area contributed by atoms with E-state index in [2.05, 4.69) is 90.5 Å². The first-order chi connectivity index (χ1) is 14.2. The number of rotatable bonds is 4. The van der Waals surface area contributed by atoms with Crippen molar-refractivity contribution < 1.29 is 19.1 Å². The van der Waals surface area contributed by atoms with Crippen LogP contribution < -0.4 is 0 Å². The topological polar surface area (TPSA) is 0 Å². The van der Waals surface area contributed by atoms with Gasteiger partial charge in [-0.05, 0) is 0 Å². The van der Waals surface area contributed by atoms with Crippen molar-refractivity contribution in [3.8, 4) is 0 Å². The monoisotopic (exact) mass is 671 g/mol. The molecule has 31 heavy (non-hydrogen) atoms. The number of hydrogen-bond acceptors (Lipinski definition) is 0. The third-order valence-electron chi connectivity index (χ3n) is 6.83. The Balaban J connectivity index is 2.28. The second-order valence-electron chi connectivity index (χ2n) is 11.4. The molecular formula is C25H37Cl2HfSi3. The summed E-state index contributed by atoms with van der Waals surface area (Å²) in [6.45, 7) is 24.6. The van der Waals surface area contributed by atoms with Crippen LogP contribution >= 0.6 is 17.2 Å². The van der Waals surface area contributed by atoms with Crippen molar-refractivity contribution in [3.63, 3.8) is 0 Å². The summed E-state index contributed by atoms with van der Waals surface area (Å²) < 4.78 is 1.33. The predicted molar refractivity (Wildman–Crippen MR) is 147 cm³/mol. The fourth-order valence-electron chi connectivity index (χ4n) is 5.32. The summed E-state index contributed by atoms with van der Waals surface area (Å²) in [6, 6.07) is 0. The van der Waals surface area contributed by atoms with Crippen LogP contribution in [0.15, 0.2) is 65.9 Å². The zero-order chi connectivity index (χ0) is 23.5. The van der Waals surface area contributed by atoms with Crippen molar-refractivity contribution in [1.29, 1.82) is 0 Å². The van der Waals surface area contributed by atoms with Crippen LogP contribution in [-0.4, -0.2) is 29.7 Å². The SMILES string of the molecule is CC1=[C]([Hf]([Cl])[Cl])C2=CC=CC(=[Si](C)C)C(C)C2=C1C1=CC([Si](C)(C)C)=C([Si](C)(C)C)C1. The molecule has 0 spiro atoms. The zero-order valence-electron chi connectivity index (χ0n) is 20.8. The van der Waals surface area contributed by atoms with E-state index >= 15 is 0 Å². The molecule has 1 atom stereocenters. The van der Waals surface area contributed by atoms with Gasteiger partial charge in [0.25, 0.3) is 0 Å². The molecule has 0 aliphatic heterocycles. The van der Waals surface area contributed by atoms with Gasteiger partial charge in [0, 0.05) is 0 Å². The summed E-state index contributed by atoms with van der Waals surface area (Å²) >= 11 is -2.78. The molecule has 0 radical (unpaired) electrons. The number of hydrogen-bond donors (Lipinski definition) is 0. The third-order valence-corrected chi connectivity index (χ3v) is 19.9. The van der Waals surface area contributed by atoms with Crippen molar-refractivity contribution in [2.75, 3.05) is 0 Å². The molecule has 3 rings (SSSR count). The Morgan fingerprint density at radius 3 is 2.10 bits per heavy atom. The van der Waals surface area contributed by atoms with Crippen molar-refractivity contribution in [2.24, 2.45) is 5.92 Å². The van der Waals surface area contributed by atoms with Crippen molar-refractivity contribution in [2.45, 2.75) is 72.6 Å². The molecule has 6 heteroatoms. The summed E-state index contributed by atoms with van der Waals surface area (Å²) in [5, 5.41) is 5.09. The summed E-state index contributed by atoms with van der Waals surface area (Å²) in [6.07, 6.45) is 10.7.